The summed E-state index contributed by atoms with van der Waals surface area (Å²) in [7, 11) is 0. The van der Waals surface area contributed by atoms with Gasteiger partial charge in [-0.3, -0.25) is 9.59 Å². The largest absolute Gasteiger partial charge is 0.345 e. The fraction of sp³-hybridized carbons (Fsp3) is 0.583. The van der Waals surface area contributed by atoms with Gasteiger partial charge in [0.2, 0.25) is 11.8 Å². The molecule has 0 saturated carbocycles. The van der Waals surface area contributed by atoms with Crippen molar-refractivity contribution in [3.63, 3.8) is 0 Å². The van der Waals surface area contributed by atoms with Crippen LogP contribution in [-0.4, -0.2) is 34.8 Å². The van der Waals surface area contributed by atoms with E-state index in [1.807, 2.05) is 5.38 Å². The third-order valence-electron chi connectivity index (χ3n) is 2.77. The summed E-state index contributed by atoms with van der Waals surface area (Å²) in [5, 5.41) is 5.43. The molecule has 1 aromatic heterocycles. The van der Waals surface area contributed by atoms with E-state index in [-0.39, 0.29) is 30.3 Å². The van der Waals surface area contributed by atoms with Crippen molar-refractivity contribution in [1.82, 2.24) is 15.2 Å². The maximum absolute atomic E-state index is 11.6. The van der Waals surface area contributed by atoms with Gasteiger partial charge in [0.25, 0.3) is 0 Å². The van der Waals surface area contributed by atoms with Crippen molar-refractivity contribution in [2.45, 2.75) is 32.7 Å². The number of nitrogens with zero attached hydrogens (tertiary/aromatic N) is 2. The molecule has 1 aromatic rings. The van der Waals surface area contributed by atoms with Gasteiger partial charge in [-0.2, -0.15) is 0 Å². The topological polar surface area (TPSA) is 62.3 Å². The van der Waals surface area contributed by atoms with E-state index in [4.69, 9.17) is 0 Å². The molecule has 1 aliphatic rings. The third kappa shape index (κ3) is 2.87. The van der Waals surface area contributed by atoms with Gasteiger partial charge in [-0.05, 0) is 0 Å². The lowest BCUT2D eigenvalue weighted by molar-refractivity contribution is -0.141. The molecule has 1 aliphatic heterocycles. The normalized spacial score (nSPS) is 16.9. The summed E-state index contributed by atoms with van der Waals surface area (Å²) in [5.41, 5.74) is 1.04. The lowest BCUT2D eigenvalue weighted by atomic mass is 9.93. The first-order chi connectivity index (χ1) is 8.36. The Morgan fingerprint density at radius 3 is 2.78 bits per heavy atom. The standard InChI is InChI=1S/C12H17N3O2S/c1-12(2,3)8-7-18-10(14-8)6-15-5-9(16)13-4-11(15)17/h7H,4-6H2,1-3H3,(H,13,16). The van der Waals surface area contributed by atoms with Gasteiger partial charge in [-0.15, -0.1) is 11.3 Å². The van der Waals surface area contributed by atoms with Crippen molar-refractivity contribution < 1.29 is 9.59 Å². The van der Waals surface area contributed by atoms with Crippen molar-refractivity contribution in [3.8, 4) is 0 Å². The molecular weight excluding hydrogens is 250 g/mol. The second-order valence-corrected chi connectivity index (χ2v) is 6.35. The molecule has 0 bridgehead atoms. The molecule has 0 aromatic carbocycles. The average Bonchev–Trinajstić information content (AvgIpc) is 2.71. The van der Waals surface area contributed by atoms with E-state index in [9.17, 15) is 9.59 Å². The molecule has 2 rings (SSSR count). The second-order valence-electron chi connectivity index (χ2n) is 5.40. The molecule has 0 unspecified atom stereocenters. The van der Waals surface area contributed by atoms with E-state index in [0.717, 1.165) is 10.7 Å². The van der Waals surface area contributed by atoms with Crippen LogP contribution in [0, 0.1) is 0 Å². The van der Waals surface area contributed by atoms with Gasteiger partial charge >= 0.3 is 0 Å². The van der Waals surface area contributed by atoms with Gasteiger partial charge < -0.3 is 10.2 Å². The second kappa shape index (κ2) is 4.68. The number of thiazole rings is 1. The van der Waals surface area contributed by atoms with Gasteiger partial charge in [0.15, 0.2) is 0 Å². The molecule has 18 heavy (non-hydrogen) atoms. The highest BCUT2D eigenvalue weighted by molar-refractivity contribution is 7.09. The van der Waals surface area contributed by atoms with Crippen LogP contribution in [-0.2, 0) is 21.5 Å². The van der Waals surface area contributed by atoms with Crippen molar-refractivity contribution in [3.05, 3.63) is 16.1 Å². The number of rotatable bonds is 2. The minimum Gasteiger partial charge on any atom is -0.345 e. The quantitative estimate of drug-likeness (QED) is 0.866. The minimum atomic E-state index is -0.109. The zero-order valence-corrected chi connectivity index (χ0v) is 11.6. The van der Waals surface area contributed by atoms with Crippen molar-refractivity contribution in [1.29, 1.82) is 0 Å². The van der Waals surface area contributed by atoms with Crippen LogP contribution in [0.15, 0.2) is 5.38 Å². The lowest BCUT2D eigenvalue weighted by Gasteiger charge is -2.25. The Bertz CT molecular complexity index is 476. The van der Waals surface area contributed by atoms with E-state index >= 15 is 0 Å². The van der Waals surface area contributed by atoms with Crippen LogP contribution in [0.1, 0.15) is 31.5 Å². The van der Waals surface area contributed by atoms with Gasteiger partial charge in [0, 0.05) is 10.8 Å². The summed E-state index contributed by atoms with van der Waals surface area (Å²) < 4.78 is 0. The van der Waals surface area contributed by atoms with Gasteiger partial charge in [0.05, 0.1) is 18.8 Å². The van der Waals surface area contributed by atoms with Crippen LogP contribution >= 0.6 is 11.3 Å². The molecule has 2 amide bonds. The highest BCUT2D eigenvalue weighted by Gasteiger charge is 2.25. The Hall–Kier alpha value is -1.43. The Kier molecular flexibility index (Phi) is 3.38. The molecule has 6 heteroatoms. The summed E-state index contributed by atoms with van der Waals surface area (Å²) in [6, 6.07) is 0. The van der Waals surface area contributed by atoms with Crippen LogP contribution in [0.4, 0.5) is 0 Å². The third-order valence-corrected chi connectivity index (χ3v) is 3.60. The Labute approximate surface area is 110 Å². The highest BCUT2D eigenvalue weighted by atomic mass is 32.1. The highest BCUT2D eigenvalue weighted by Crippen LogP contribution is 2.24. The minimum absolute atomic E-state index is 0.0119. The monoisotopic (exact) mass is 267 g/mol. The predicted octanol–water partition coefficient (Wildman–Crippen LogP) is 0.899. The van der Waals surface area contributed by atoms with E-state index in [1.54, 1.807) is 4.90 Å². The maximum atomic E-state index is 11.6. The molecular formula is C12H17N3O2S. The van der Waals surface area contributed by atoms with Crippen LogP contribution in [0.5, 0.6) is 0 Å². The Morgan fingerprint density at radius 1 is 1.44 bits per heavy atom. The number of carbonyl (C=O) groups is 2. The Balaban J connectivity index is 2.07. The molecule has 1 N–H and O–H groups in total. The first-order valence-electron chi connectivity index (χ1n) is 5.85. The number of aromatic nitrogens is 1. The fourth-order valence-corrected chi connectivity index (χ4v) is 2.67. The molecule has 2 heterocycles. The summed E-state index contributed by atoms with van der Waals surface area (Å²) in [4.78, 5) is 29.0. The maximum Gasteiger partial charge on any atom is 0.242 e. The zero-order valence-electron chi connectivity index (χ0n) is 10.8. The average molecular weight is 267 g/mol. The van der Waals surface area contributed by atoms with Crippen LogP contribution in [0.2, 0.25) is 0 Å². The molecule has 0 spiro atoms. The van der Waals surface area contributed by atoms with E-state index in [1.165, 1.54) is 11.3 Å². The molecule has 0 atom stereocenters. The summed E-state index contributed by atoms with van der Waals surface area (Å²) in [5.74, 6) is -0.163. The van der Waals surface area contributed by atoms with Crippen LogP contribution in [0.3, 0.4) is 0 Å². The van der Waals surface area contributed by atoms with Gasteiger partial charge in [-0.1, -0.05) is 20.8 Å². The fourth-order valence-electron chi connectivity index (χ4n) is 1.64. The van der Waals surface area contributed by atoms with Crippen LogP contribution < -0.4 is 5.32 Å². The van der Waals surface area contributed by atoms with E-state index < -0.39 is 0 Å². The molecule has 1 saturated heterocycles. The first-order valence-corrected chi connectivity index (χ1v) is 6.73. The number of amides is 2. The van der Waals surface area contributed by atoms with Gasteiger partial charge in [0.1, 0.15) is 11.6 Å². The van der Waals surface area contributed by atoms with Crippen molar-refractivity contribution >= 4 is 23.2 Å². The molecule has 98 valence electrons. The smallest absolute Gasteiger partial charge is 0.242 e. The summed E-state index contributed by atoms with van der Waals surface area (Å²) in [6.07, 6.45) is 0. The molecule has 0 radical (unpaired) electrons. The summed E-state index contributed by atoms with van der Waals surface area (Å²) >= 11 is 1.54. The van der Waals surface area contributed by atoms with E-state index in [2.05, 4.69) is 31.1 Å². The molecule has 1 fully saturated rings. The number of hydrogen-bond donors (Lipinski definition) is 1. The zero-order chi connectivity index (χ0) is 13.3. The SMILES string of the molecule is CC(C)(C)c1csc(CN2CC(=O)NCC2=O)n1. The number of hydrogen-bond acceptors (Lipinski definition) is 4. The van der Waals surface area contributed by atoms with E-state index in [0.29, 0.717) is 6.54 Å². The van der Waals surface area contributed by atoms with Crippen molar-refractivity contribution in [2.24, 2.45) is 0 Å². The predicted molar refractivity (Wildman–Crippen MR) is 69.2 cm³/mol. The van der Waals surface area contributed by atoms with Gasteiger partial charge in [-0.25, -0.2) is 4.98 Å². The number of nitrogens with one attached hydrogen (secondary N) is 1. The molecule has 0 aliphatic carbocycles. The summed E-state index contributed by atoms with van der Waals surface area (Å²) in [6.45, 7) is 6.95. The number of carbonyl (C=O) groups excluding carboxylic acids is 2. The lowest BCUT2D eigenvalue weighted by Crippen LogP contribution is -2.50. The Morgan fingerprint density at radius 2 is 2.17 bits per heavy atom. The first kappa shape index (κ1) is 13.0. The number of piperazine rings is 1. The van der Waals surface area contributed by atoms with Crippen LogP contribution in [0.25, 0.3) is 0 Å². The molecule has 5 nitrogen and oxygen atoms in total. The van der Waals surface area contributed by atoms with Crippen molar-refractivity contribution in [2.75, 3.05) is 13.1 Å².